The van der Waals surface area contributed by atoms with E-state index in [1.54, 1.807) is 0 Å². The largest absolute Gasteiger partial charge is 0.342 e. The van der Waals surface area contributed by atoms with E-state index in [0.29, 0.717) is 20.1 Å². The lowest BCUT2D eigenvalue weighted by Crippen LogP contribution is -2.27. The van der Waals surface area contributed by atoms with Crippen molar-refractivity contribution in [2.24, 2.45) is 5.73 Å². The lowest BCUT2D eigenvalue weighted by Gasteiger charge is -2.12. The van der Waals surface area contributed by atoms with Gasteiger partial charge in [-0.05, 0) is 0 Å². The highest BCUT2D eigenvalue weighted by atomic mass is 27.1. The summed E-state index contributed by atoms with van der Waals surface area (Å²) in [5.41, 5.74) is 5.84. The maximum atomic E-state index is 5.84. The molecule has 0 saturated carbocycles. The van der Waals surface area contributed by atoms with Gasteiger partial charge in [0.25, 0.3) is 0 Å². The summed E-state index contributed by atoms with van der Waals surface area (Å²) in [5.74, 6) is 0. The molecule has 0 aromatic rings. The van der Waals surface area contributed by atoms with Gasteiger partial charge in [-0.1, -0.05) is 37.0 Å². The molecule has 0 spiro atoms. The first-order valence-electron chi connectivity index (χ1n) is 3.98. The molecule has 0 amide bonds. The van der Waals surface area contributed by atoms with E-state index >= 15 is 0 Å². The fraction of sp³-hybridized carbons (Fsp3) is 1.00. The quantitative estimate of drug-likeness (QED) is 0.505. The summed E-state index contributed by atoms with van der Waals surface area (Å²) in [6.07, 6.45) is 7.01. The second-order valence-corrected chi connectivity index (χ2v) is 4.80. The Hall–Kier alpha value is 0.492. The third kappa shape index (κ3) is 3.25. The van der Waals surface area contributed by atoms with E-state index in [4.69, 9.17) is 5.73 Å². The van der Waals surface area contributed by atoms with E-state index in [2.05, 4.69) is 0 Å². The fourth-order valence-corrected chi connectivity index (χ4v) is 2.75. The third-order valence-corrected chi connectivity index (χ3v) is 3.64. The van der Waals surface area contributed by atoms with Gasteiger partial charge in [0.05, 0.1) is 0 Å². The smallest absolute Gasteiger partial charge is 0.227 e. The van der Waals surface area contributed by atoms with Crippen molar-refractivity contribution in [2.75, 3.05) is 0 Å². The van der Waals surface area contributed by atoms with Crippen LogP contribution in [-0.4, -0.2) is 20.1 Å². The molecule has 0 aliphatic carbocycles. The summed E-state index contributed by atoms with van der Waals surface area (Å²) in [6.45, 7) is 0. The molecule has 0 aromatic heterocycles. The first-order chi connectivity index (χ1) is 4.39. The Morgan fingerprint density at radius 2 is 1.89 bits per heavy atom. The molecule has 1 aliphatic heterocycles. The fourth-order valence-electron chi connectivity index (χ4n) is 1.33. The van der Waals surface area contributed by atoms with Crippen molar-refractivity contribution in [3.63, 3.8) is 0 Å². The van der Waals surface area contributed by atoms with Crippen LogP contribution in [0.5, 0.6) is 0 Å². The van der Waals surface area contributed by atoms with Crippen molar-refractivity contribution in [2.45, 2.75) is 42.3 Å². The molecule has 1 rings (SSSR count). The topological polar surface area (TPSA) is 26.0 Å². The Bertz CT molecular complexity index is 67.3. The van der Waals surface area contributed by atoms with Crippen LogP contribution >= 0.6 is 0 Å². The molecule has 1 unspecified atom stereocenters. The molecule has 1 fully saturated rings. The Balaban J connectivity index is 2.12. The van der Waals surface area contributed by atoms with E-state index in [0.717, 1.165) is 0 Å². The van der Waals surface area contributed by atoms with Crippen LogP contribution in [0.3, 0.4) is 0 Å². The van der Waals surface area contributed by atoms with Gasteiger partial charge >= 0.3 is 0 Å². The van der Waals surface area contributed by atoms with Crippen LogP contribution in [0.15, 0.2) is 0 Å². The van der Waals surface area contributed by atoms with E-state index in [1.807, 2.05) is 0 Å². The van der Waals surface area contributed by atoms with Crippen LogP contribution in [0.25, 0.3) is 0 Å². The SMILES string of the molecule is N[CH]1CCCCC[CH2][Al]1. The molecular weight excluding hydrogens is 125 g/mol. The van der Waals surface area contributed by atoms with Gasteiger partial charge in [0.1, 0.15) is 0 Å². The highest BCUT2D eigenvalue weighted by Gasteiger charge is 2.06. The first kappa shape index (κ1) is 7.60. The molecule has 1 heterocycles. The Morgan fingerprint density at radius 1 is 1.11 bits per heavy atom. The Morgan fingerprint density at radius 3 is 2.78 bits per heavy atom. The van der Waals surface area contributed by atoms with Gasteiger partial charge in [-0.3, -0.25) is 0 Å². The monoisotopic (exact) mass is 140 g/mol. The molecule has 2 N–H and O–H groups in total. The lowest BCUT2D eigenvalue weighted by atomic mass is 10.1. The lowest BCUT2D eigenvalue weighted by molar-refractivity contribution is 0.598. The van der Waals surface area contributed by atoms with E-state index in [-0.39, 0.29) is 0 Å². The number of nitrogens with two attached hydrogens (primary N) is 1. The second kappa shape index (κ2) is 4.33. The summed E-state index contributed by atoms with van der Waals surface area (Å²) < 4.78 is 0. The van der Waals surface area contributed by atoms with E-state index < -0.39 is 0 Å². The number of hydrogen-bond donors (Lipinski definition) is 1. The van der Waals surface area contributed by atoms with Crippen molar-refractivity contribution in [3.8, 4) is 0 Å². The van der Waals surface area contributed by atoms with Crippen LogP contribution < -0.4 is 5.73 Å². The van der Waals surface area contributed by atoms with Gasteiger partial charge in [-0.2, -0.15) is 0 Å². The van der Waals surface area contributed by atoms with Crippen molar-refractivity contribution in [1.29, 1.82) is 0 Å². The van der Waals surface area contributed by atoms with E-state index in [9.17, 15) is 0 Å². The highest BCUT2D eigenvalue weighted by molar-refractivity contribution is 6.37. The zero-order valence-corrected chi connectivity index (χ0v) is 7.13. The Kier molecular flexibility index (Phi) is 3.66. The average molecular weight is 140 g/mol. The average Bonchev–Trinajstić information content (AvgIpc) is 1.79. The van der Waals surface area contributed by atoms with Gasteiger partial charge in [-0.25, -0.2) is 0 Å². The van der Waals surface area contributed by atoms with Crippen LogP contribution in [0.1, 0.15) is 32.1 Å². The van der Waals surface area contributed by atoms with Gasteiger partial charge in [0.15, 0.2) is 0 Å². The third-order valence-electron chi connectivity index (χ3n) is 1.96. The van der Waals surface area contributed by atoms with Gasteiger partial charge < -0.3 is 5.73 Å². The molecule has 1 atom stereocenters. The standard InChI is InChI=1S/C7H15N.Al/c1-2-3-4-5-6-7-8;/h7H,1-6,8H2;. The van der Waals surface area contributed by atoms with Gasteiger partial charge in [0.2, 0.25) is 15.2 Å². The molecule has 51 valence electrons. The van der Waals surface area contributed by atoms with Crippen LogP contribution in [0.4, 0.5) is 0 Å². The zero-order valence-electron chi connectivity index (χ0n) is 5.97. The molecule has 2 heteroatoms. The minimum Gasteiger partial charge on any atom is -0.342 e. The minimum atomic E-state index is 0.598. The van der Waals surface area contributed by atoms with Crippen molar-refractivity contribution >= 4 is 15.2 Å². The van der Waals surface area contributed by atoms with E-state index in [1.165, 1.54) is 37.4 Å². The maximum Gasteiger partial charge on any atom is 0.227 e. The normalized spacial score (nSPS) is 30.1. The van der Waals surface area contributed by atoms with Gasteiger partial charge in [-0.15, -0.1) is 5.28 Å². The van der Waals surface area contributed by atoms with Crippen molar-refractivity contribution in [3.05, 3.63) is 0 Å². The van der Waals surface area contributed by atoms with Crippen LogP contribution in [0.2, 0.25) is 5.28 Å². The zero-order chi connectivity index (χ0) is 6.53. The molecule has 0 aromatic carbocycles. The summed E-state index contributed by atoms with van der Waals surface area (Å²) in [7, 11) is 0. The minimum absolute atomic E-state index is 0.598. The molecule has 0 bridgehead atoms. The summed E-state index contributed by atoms with van der Waals surface area (Å²) in [5, 5.41) is 1.45. The molecule has 1 nitrogen and oxygen atoms in total. The highest BCUT2D eigenvalue weighted by Crippen LogP contribution is 2.11. The van der Waals surface area contributed by atoms with Crippen molar-refractivity contribution in [1.82, 2.24) is 0 Å². The first-order valence-corrected chi connectivity index (χ1v) is 5.47. The number of hydrogen-bond acceptors (Lipinski definition) is 1. The number of rotatable bonds is 0. The van der Waals surface area contributed by atoms with Crippen LogP contribution in [-0.2, 0) is 0 Å². The summed E-state index contributed by atoms with van der Waals surface area (Å²) in [6, 6.07) is 0. The predicted molar refractivity (Wildman–Crippen MR) is 41.6 cm³/mol. The van der Waals surface area contributed by atoms with Crippen LogP contribution in [0, 0.1) is 0 Å². The maximum absolute atomic E-state index is 5.84. The van der Waals surface area contributed by atoms with Crippen molar-refractivity contribution < 1.29 is 0 Å². The predicted octanol–water partition coefficient (Wildman–Crippen LogP) is 1.36. The van der Waals surface area contributed by atoms with Gasteiger partial charge in [0, 0.05) is 0 Å². The summed E-state index contributed by atoms with van der Waals surface area (Å²) in [4.78, 5) is 0.602. The summed E-state index contributed by atoms with van der Waals surface area (Å²) >= 11 is 0.598. The molecule has 1 aliphatic rings. The molecule has 9 heavy (non-hydrogen) atoms. The Labute approximate surface area is 63.7 Å². The molecular formula is C7H15AlN. The molecule has 1 radical (unpaired) electrons. The second-order valence-electron chi connectivity index (χ2n) is 2.89. The molecule has 1 saturated heterocycles.